The third-order valence-electron chi connectivity index (χ3n) is 6.44. The lowest BCUT2D eigenvalue weighted by Gasteiger charge is -2.25. The van der Waals surface area contributed by atoms with Gasteiger partial charge < -0.3 is 5.32 Å². The monoisotopic (exact) mass is 427 g/mol. The topological polar surface area (TPSA) is 70.5 Å². The highest BCUT2D eigenvalue weighted by Crippen LogP contribution is 2.29. The molecule has 2 unspecified atom stereocenters. The third kappa shape index (κ3) is 4.70. The Bertz CT molecular complexity index is 1150. The van der Waals surface area contributed by atoms with E-state index in [1.165, 1.54) is 24.8 Å². The molecule has 0 bridgehead atoms. The first kappa shape index (κ1) is 20.8. The van der Waals surface area contributed by atoms with Crippen LogP contribution in [0.4, 0.5) is 5.82 Å². The van der Waals surface area contributed by atoms with E-state index in [0.29, 0.717) is 23.3 Å². The predicted molar refractivity (Wildman–Crippen MR) is 128 cm³/mol. The molecular formula is C26H29N5O. The number of carbonyl (C=O) groups excluding carboxylic acids is 1. The van der Waals surface area contributed by atoms with Gasteiger partial charge in [-0.3, -0.25) is 19.7 Å². The average molecular weight is 428 g/mol. The van der Waals surface area contributed by atoms with E-state index in [2.05, 4.69) is 56.5 Å². The van der Waals surface area contributed by atoms with Gasteiger partial charge in [0.2, 0.25) is 0 Å². The molecule has 1 amide bonds. The Balaban J connectivity index is 1.31. The number of hydrogen-bond acceptors (Lipinski definition) is 5. The lowest BCUT2D eigenvalue weighted by Crippen LogP contribution is -2.29. The van der Waals surface area contributed by atoms with Gasteiger partial charge in [-0.15, -0.1) is 0 Å². The quantitative estimate of drug-likeness (QED) is 0.634. The fraction of sp³-hybridized carbons (Fsp3) is 0.385. The van der Waals surface area contributed by atoms with Gasteiger partial charge in [0, 0.05) is 48.1 Å². The number of piperidine rings is 1. The molecule has 2 atom stereocenters. The SMILES string of the molecule is CC1CC(c2ccc3cnc(NC(=O)c4ccnc(CN5CCCCC5)c4)cc3c2)C=N1. The molecule has 164 valence electrons. The number of nitrogens with one attached hydrogen (secondary N) is 1. The van der Waals surface area contributed by atoms with Crippen molar-refractivity contribution in [2.45, 2.75) is 51.1 Å². The van der Waals surface area contributed by atoms with E-state index < -0.39 is 0 Å². The maximum Gasteiger partial charge on any atom is 0.256 e. The van der Waals surface area contributed by atoms with Crippen LogP contribution < -0.4 is 5.32 Å². The van der Waals surface area contributed by atoms with Crippen molar-refractivity contribution in [1.82, 2.24) is 14.9 Å². The molecule has 1 aromatic carbocycles. The van der Waals surface area contributed by atoms with E-state index in [0.717, 1.165) is 42.5 Å². The number of nitrogens with zero attached hydrogens (tertiary/aromatic N) is 4. The number of pyridine rings is 2. The summed E-state index contributed by atoms with van der Waals surface area (Å²) in [5.41, 5.74) is 2.80. The summed E-state index contributed by atoms with van der Waals surface area (Å²) in [6.45, 7) is 5.15. The number of carbonyl (C=O) groups is 1. The fourth-order valence-corrected chi connectivity index (χ4v) is 4.66. The summed E-state index contributed by atoms with van der Waals surface area (Å²) in [5, 5.41) is 5.09. The first-order valence-corrected chi connectivity index (χ1v) is 11.6. The highest BCUT2D eigenvalue weighted by molar-refractivity contribution is 6.04. The van der Waals surface area contributed by atoms with Crippen molar-refractivity contribution >= 4 is 28.7 Å². The highest BCUT2D eigenvalue weighted by Gasteiger charge is 2.19. The van der Waals surface area contributed by atoms with Gasteiger partial charge in [0.1, 0.15) is 5.82 Å². The molecule has 6 heteroatoms. The van der Waals surface area contributed by atoms with Crippen molar-refractivity contribution in [2.24, 2.45) is 4.99 Å². The predicted octanol–water partition coefficient (Wildman–Crippen LogP) is 4.81. The molecule has 5 rings (SSSR count). The molecule has 1 fully saturated rings. The van der Waals surface area contributed by atoms with Crippen LogP contribution in [0, 0.1) is 0 Å². The van der Waals surface area contributed by atoms with Gasteiger partial charge in [-0.05, 0) is 68.4 Å². The highest BCUT2D eigenvalue weighted by atomic mass is 16.1. The second kappa shape index (κ2) is 9.17. The molecule has 0 saturated carbocycles. The molecule has 2 aliphatic heterocycles. The first-order valence-electron chi connectivity index (χ1n) is 11.6. The molecule has 4 heterocycles. The van der Waals surface area contributed by atoms with Gasteiger partial charge in [0.25, 0.3) is 5.91 Å². The molecule has 1 N–H and O–H groups in total. The van der Waals surface area contributed by atoms with Crippen molar-refractivity contribution in [3.8, 4) is 0 Å². The largest absolute Gasteiger partial charge is 0.307 e. The third-order valence-corrected chi connectivity index (χ3v) is 6.44. The average Bonchev–Trinajstić information content (AvgIpc) is 3.26. The van der Waals surface area contributed by atoms with Gasteiger partial charge >= 0.3 is 0 Å². The number of amides is 1. The van der Waals surface area contributed by atoms with Crippen LogP contribution in [-0.2, 0) is 6.54 Å². The number of anilines is 1. The van der Waals surface area contributed by atoms with Crippen LogP contribution in [0.5, 0.6) is 0 Å². The number of likely N-dealkylation sites (tertiary alicyclic amines) is 1. The summed E-state index contributed by atoms with van der Waals surface area (Å²) >= 11 is 0. The lowest BCUT2D eigenvalue weighted by molar-refractivity contribution is 0.102. The fourth-order valence-electron chi connectivity index (χ4n) is 4.66. The number of aliphatic imine (C=N–C) groups is 1. The van der Waals surface area contributed by atoms with Crippen LogP contribution in [0.2, 0.25) is 0 Å². The normalized spacial score (nSPS) is 21.2. The van der Waals surface area contributed by atoms with Crippen molar-refractivity contribution < 1.29 is 4.79 Å². The Morgan fingerprint density at radius 3 is 2.75 bits per heavy atom. The molecule has 2 aliphatic rings. The summed E-state index contributed by atoms with van der Waals surface area (Å²) in [6, 6.07) is 12.4. The molecule has 3 aromatic rings. The minimum Gasteiger partial charge on any atom is -0.307 e. The second-order valence-electron chi connectivity index (χ2n) is 8.99. The maximum absolute atomic E-state index is 12.9. The molecule has 0 aliphatic carbocycles. The molecule has 6 nitrogen and oxygen atoms in total. The van der Waals surface area contributed by atoms with Crippen molar-refractivity contribution in [2.75, 3.05) is 18.4 Å². The maximum atomic E-state index is 12.9. The van der Waals surface area contributed by atoms with Gasteiger partial charge in [-0.2, -0.15) is 0 Å². The van der Waals surface area contributed by atoms with Crippen LogP contribution in [0.15, 0.2) is 53.8 Å². The molecular weight excluding hydrogens is 398 g/mol. The second-order valence-corrected chi connectivity index (χ2v) is 8.99. The summed E-state index contributed by atoms with van der Waals surface area (Å²) in [7, 11) is 0. The molecule has 0 radical (unpaired) electrons. The Morgan fingerprint density at radius 2 is 1.94 bits per heavy atom. The smallest absolute Gasteiger partial charge is 0.256 e. The van der Waals surface area contributed by atoms with E-state index >= 15 is 0 Å². The zero-order valence-corrected chi connectivity index (χ0v) is 18.5. The molecule has 2 aromatic heterocycles. The van der Waals surface area contributed by atoms with Crippen LogP contribution in [0.3, 0.4) is 0 Å². The van der Waals surface area contributed by atoms with Crippen LogP contribution >= 0.6 is 0 Å². The van der Waals surface area contributed by atoms with Crippen LogP contribution in [-0.4, -0.2) is 46.1 Å². The Hall–Kier alpha value is -3.12. The van der Waals surface area contributed by atoms with E-state index in [1.807, 2.05) is 18.3 Å². The van der Waals surface area contributed by atoms with Crippen molar-refractivity contribution in [3.05, 3.63) is 65.6 Å². The zero-order chi connectivity index (χ0) is 21.9. The summed E-state index contributed by atoms with van der Waals surface area (Å²) < 4.78 is 0. The Morgan fingerprint density at radius 1 is 1.06 bits per heavy atom. The minimum absolute atomic E-state index is 0.160. The number of aromatic nitrogens is 2. The number of benzene rings is 1. The Kier molecular flexibility index (Phi) is 5.95. The van der Waals surface area contributed by atoms with Crippen LogP contribution in [0.25, 0.3) is 10.8 Å². The van der Waals surface area contributed by atoms with Gasteiger partial charge in [0.05, 0.1) is 5.69 Å². The van der Waals surface area contributed by atoms with E-state index in [1.54, 1.807) is 12.3 Å². The van der Waals surface area contributed by atoms with E-state index in [-0.39, 0.29) is 5.91 Å². The van der Waals surface area contributed by atoms with Gasteiger partial charge in [0.15, 0.2) is 0 Å². The lowest BCUT2D eigenvalue weighted by atomic mass is 9.95. The first-order chi connectivity index (χ1) is 15.6. The van der Waals surface area contributed by atoms with E-state index in [4.69, 9.17) is 0 Å². The van der Waals surface area contributed by atoms with Crippen molar-refractivity contribution in [3.63, 3.8) is 0 Å². The summed E-state index contributed by atoms with van der Waals surface area (Å²) in [5.74, 6) is 0.755. The number of hydrogen-bond donors (Lipinski definition) is 1. The van der Waals surface area contributed by atoms with Gasteiger partial charge in [-0.1, -0.05) is 24.6 Å². The van der Waals surface area contributed by atoms with E-state index in [9.17, 15) is 4.79 Å². The molecule has 32 heavy (non-hydrogen) atoms. The minimum atomic E-state index is -0.160. The van der Waals surface area contributed by atoms with Crippen LogP contribution in [0.1, 0.15) is 60.1 Å². The number of rotatable bonds is 5. The van der Waals surface area contributed by atoms with Gasteiger partial charge in [-0.25, -0.2) is 4.98 Å². The Labute approximate surface area is 188 Å². The van der Waals surface area contributed by atoms with Crippen molar-refractivity contribution in [1.29, 1.82) is 0 Å². The number of fused-ring (bicyclic) bond motifs is 1. The standard InChI is InChI=1S/C26H29N5O/c1-18-11-23(16-28-18)19-5-6-21-15-29-25(14-22(21)12-19)30-26(32)20-7-8-27-24(13-20)17-31-9-3-2-4-10-31/h5-8,12-16,18,23H,2-4,9-11,17H2,1H3,(H,29,30,32). The summed E-state index contributed by atoms with van der Waals surface area (Å²) in [4.78, 5) is 28.7. The zero-order valence-electron chi connectivity index (χ0n) is 18.5. The summed E-state index contributed by atoms with van der Waals surface area (Å²) in [6.07, 6.45) is 10.4. The molecule has 0 spiro atoms. The molecule has 1 saturated heterocycles.